The number of hydrogen-bond acceptors (Lipinski definition) is 9. The van der Waals surface area contributed by atoms with Crippen molar-refractivity contribution in [1.29, 1.82) is 0 Å². The quantitative estimate of drug-likeness (QED) is 0.247. The largest absolute Gasteiger partial charge is 0.480 e. The van der Waals surface area contributed by atoms with Crippen molar-refractivity contribution in [3.05, 3.63) is 71.8 Å². The number of piperidine rings is 2. The number of nitrogens with one attached hydrogen (secondary N) is 1. The highest BCUT2D eigenvalue weighted by Gasteiger charge is 2.51. The van der Waals surface area contributed by atoms with Crippen LogP contribution in [0, 0.1) is 11.8 Å². The predicted molar refractivity (Wildman–Crippen MR) is 199 cm³/mol. The van der Waals surface area contributed by atoms with Gasteiger partial charge in [0, 0.05) is 50.6 Å². The number of Topliss-reactive ketones (excluding diaryl/α,β-unsaturated/α-hetero) is 2. The molecule has 2 aromatic carbocycles. The lowest BCUT2D eigenvalue weighted by Gasteiger charge is -2.34. The van der Waals surface area contributed by atoms with Gasteiger partial charge in [-0.25, -0.2) is 31.9 Å². The minimum Gasteiger partial charge on any atom is -0.480 e. The van der Waals surface area contributed by atoms with Gasteiger partial charge in [0.1, 0.15) is 31.1 Å². The average molecular weight is 833 g/mol. The number of hydrogen-bond donors (Lipinski definition) is 3. The molecule has 4 saturated heterocycles. The van der Waals surface area contributed by atoms with Gasteiger partial charge in [0.15, 0.2) is 5.78 Å². The van der Waals surface area contributed by atoms with Gasteiger partial charge in [-0.05, 0) is 36.8 Å². The van der Waals surface area contributed by atoms with Gasteiger partial charge >= 0.3 is 18.0 Å². The van der Waals surface area contributed by atoms with Gasteiger partial charge in [-0.1, -0.05) is 60.7 Å². The van der Waals surface area contributed by atoms with Crippen LogP contribution in [0.25, 0.3) is 0 Å². The second-order valence-corrected chi connectivity index (χ2v) is 15.6. The second kappa shape index (κ2) is 18.4. The third kappa shape index (κ3) is 10.5. The molecule has 6 aliphatic rings. The number of carboxylic acids is 1. The number of nitrogens with zero attached hydrogens (tertiary/aromatic N) is 4. The number of benzene rings is 2. The molecule has 0 spiro atoms. The molecule has 320 valence electrons. The first-order chi connectivity index (χ1) is 28.1. The lowest BCUT2D eigenvalue weighted by atomic mass is 9.78. The normalized spacial score (nSPS) is 25.2. The van der Waals surface area contributed by atoms with Crippen LogP contribution in [0.15, 0.2) is 60.7 Å². The third-order valence-electron chi connectivity index (χ3n) is 11.4. The van der Waals surface area contributed by atoms with Crippen molar-refractivity contribution in [2.24, 2.45) is 17.6 Å². The van der Waals surface area contributed by atoms with E-state index >= 15 is 0 Å². The molecule has 4 heterocycles. The Hall–Kier alpha value is -5.14. The zero-order valence-corrected chi connectivity index (χ0v) is 32.2. The molecule has 0 radical (unpaired) electrons. The molecular formula is C40H48F4N6O9. The van der Waals surface area contributed by atoms with Gasteiger partial charge in [0.05, 0.1) is 25.2 Å². The molecule has 4 N–H and O–H groups in total. The molecular weight excluding hydrogens is 784 g/mol. The van der Waals surface area contributed by atoms with E-state index < -0.39 is 66.3 Å². The van der Waals surface area contributed by atoms with Crippen molar-refractivity contribution in [2.45, 2.75) is 101 Å². The van der Waals surface area contributed by atoms with Crippen LogP contribution in [0.1, 0.15) is 62.5 Å². The average Bonchev–Trinajstić information content (AvgIpc) is 3.59. The maximum Gasteiger partial charge on any atom is 0.345 e. The minimum absolute atomic E-state index is 0.0400. The summed E-state index contributed by atoms with van der Waals surface area (Å²) >= 11 is 0. The van der Waals surface area contributed by atoms with Crippen LogP contribution in [0.2, 0.25) is 0 Å². The van der Waals surface area contributed by atoms with E-state index in [1.165, 1.54) is 19.9 Å². The minimum atomic E-state index is -2.77. The van der Waals surface area contributed by atoms with Gasteiger partial charge in [0.2, 0.25) is 17.8 Å². The first-order valence-electron chi connectivity index (χ1n) is 19.6. The summed E-state index contributed by atoms with van der Waals surface area (Å²) in [5, 5.41) is 14.3. The zero-order valence-electron chi connectivity index (χ0n) is 32.2. The van der Waals surface area contributed by atoms with Gasteiger partial charge in [-0.15, -0.1) is 0 Å². The van der Waals surface area contributed by atoms with Gasteiger partial charge in [0.25, 0.3) is 0 Å². The van der Waals surface area contributed by atoms with Crippen LogP contribution in [-0.2, 0) is 42.1 Å². The molecule has 2 aliphatic carbocycles. The highest BCUT2D eigenvalue weighted by molar-refractivity contribution is 5.92. The summed E-state index contributed by atoms with van der Waals surface area (Å²) in [6.07, 6.45) is 0.703. The summed E-state index contributed by atoms with van der Waals surface area (Å²) in [7, 11) is 0. The number of carboxylic acid groups (broad SMARTS) is 1. The van der Waals surface area contributed by atoms with Crippen LogP contribution in [0.3, 0.4) is 0 Å². The number of urea groups is 2. The van der Waals surface area contributed by atoms with Crippen molar-refractivity contribution >= 4 is 35.5 Å². The molecule has 0 aromatic heterocycles. The van der Waals surface area contributed by atoms with Crippen molar-refractivity contribution < 1.29 is 61.1 Å². The Balaban J connectivity index is 0.000000168. The number of nitrogens with two attached hydrogens (primary N) is 1. The summed E-state index contributed by atoms with van der Waals surface area (Å²) in [5.74, 6) is -8.55. The number of amides is 5. The number of hydroxylamine groups is 4. The maximum atomic E-state index is 12.9. The van der Waals surface area contributed by atoms with E-state index in [-0.39, 0.29) is 62.5 Å². The molecule has 6 fully saturated rings. The second-order valence-electron chi connectivity index (χ2n) is 15.6. The standard InChI is InChI=1S/C20H23F2N3O4.C14H16N2O4.C6H9F2NO/c21-20(22)8-14(9-20)17(26)10-23-18(27)16-7-6-15-11-24(16)19(28)25(15)29-12-13-4-2-1-3-5-13;17-13(18)12-7-6-11-8-15(12)14(19)16(11)20-9-10-4-2-1-3-5-10;7-6(8)1-4(2-6)5(10)3-9/h1-5,14-16H,6-12H2,(H,23,27);1-5,11-12H,6-9H2,(H,17,18);4H,1-3,9H2/t15-,16+;11-,12+;/m11./s1. The van der Waals surface area contributed by atoms with Crippen LogP contribution in [-0.4, -0.2) is 123 Å². The number of rotatable bonds is 13. The Morgan fingerprint density at radius 1 is 0.678 bits per heavy atom. The Kier molecular flexibility index (Phi) is 13.6. The van der Waals surface area contributed by atoms with Crippen molar-refractivity contribution in [2.75, 3.05) is 26.2 Å². The summed E-state index contributed by atoms with van der Waals surface area (Å²) in [5.41, 5.74) is 6.89. The monoisotopic (exact) mass is 832 g/mol. The molecule has 15 nitrogen and oxygen atoms in total. The summed E-state index contributed by atoms with van der Waals surface area (Å²) in [4.78, 5) is 85.2. The highest BCUT2D eigenvalue weighted by Crippen LogP contribution is 2.43. The van der Waals surface area contributed by atoms with Crippen molar-refractivity contribution in [1.82, 2.24) is 25.2 Å². The fourth-order valence-corrected chi connectivity index (χ4v) is 7.94. The van der Waals surface area contributed by atoms with Crippen LogP contribution in [0.5, 0.6) is 0 Å². The van der Waals surface area contributed by atoms with Crippen LogP contribution in [0.4, 0.5) is 27.2 Å². The van der Waals surface area contributed by atoms with Crippen molar-refractivity contribution in [3.8, 4) is 0 Å². The first-order valence-corrected chi connectivity index (χ1v) is 19.6. The molecule has 0 unspecified atom stereocenters. The Labute approximate surface area is 337 Å². The van der Waals surface area contributed by atoms with Gasteiger partial charge < -0.3 is 26.0 Å². The summed E-state index contributed by atoms with van der Waals surface area (Å²) in [6, 6.07) is 16.8. The van der Waals surface area contributed by atoms with E-state index in [1.54, 1.807) is 0 Å². The number of ketones is 2. The number of carbonyl (C=O) groups excluding carboxylic acids is 5. The molecule has 59 heavy (non-hydrogen) atoms. The molecule has 4 bridgehead atoms. The molecule has 4 aliphatic heterocycles. The molecule has 2 saturated carbocycles. The molecule has 19 heteroatoms. The Bertz CT molecular complexity index is 1850. The number of aliphatic carboxylic acids is 1. The first kappa shape index (κ1) is 43.4. The number of halogens is 4. The fraction of sp³-hybridized carbons (Fsp3) is 0.550. The van der Waals surface area contributed by atoms with E-state index in [4.69, 9.17) is 20.5 Å². The van der Waals surface area contributed by atoms with E-state index in [1.807, 2.05) is 60.7 Å². The Morgan fingerprint density at radius 3 is 1.53 bits per heavy atom. The highest BCUT2D eigenvalue weighted by atomic mass is 19.3. The molecule has 4 atom stereocenters. The number of alkyl halides is 4. The molecule has 2 aromatic rings. The zero-order chi connectivity index (χ0) is 42.5. The van der Waals surface area contributed by atoms with E-state index in [0.29, 0.717) is 45.4 Å². The number of fused-ring (bicyclic) bond motifs is 4. The summed E-state index contributed by atoms with van der Waals surface area (Å²) in [6.45, 7) is 0.999. The van der Waals surface area contributed by atoms with Crippen LogP contribution >= 0.6 is 0 Å². The fourth-order valence-electron chi connectivity index (χ4n) is 7.94. The Morgan fingerprint density at radius 2 is 1.10 bits per heavy atom. The van der Waals surface area contributed by atoms with E-state index in [0.717, 1.165) is 11.1 Å². The lowest BCUT2D eigenvalue weighted by Crippen LogP contribution is -2.51. The molecule has 5 amide bonds. The lowest BCUT2D eigenvalue weighted by molar-refractivity contribution is -0.148. The predicted octanol–water partition coefficient (Wildman–Crippen LogP) is 4.15. The SMILES string of the molecule is NCC(=O)C1CC(F)(F)C1.O=C(CNC(=O)[C@@H]1CC[C@@H]2CN1C(=O)N2OCc1ccccc1)C1CC(F)(F)C1.O=C(O)[C@@H]1CC[C@@H]2CN1C(=O)N2OCc1ccccc1. The smallest absolute Gasteiger partial charge is 0.345 e. The van der Waals surface area contributed by atoms with Gasteiger partial charge in [-0.2, -0.15) is 10.1 Å². The number of carbonyl (C=O) groups is 6. The van der Waals surface area contributed by atoms with Crippen molar-refractivity contribution in [3.63, 3.8) is 0 Å². The topological polar surface area (TPSA) is 192 Å². The van der Waals surface area contributed by atoms with Crippen LogP contribution < -0.4 is 11.1 Å². The van der Waals surface area contributed by atoms with Gasteiger partial charge in [-0.3, -0.25) is 24.1 Å². The van der Waals surface area contributed by atoms with E-state index in [2.05, 4.69) is 5.32 Å². The maximum absolute atomic E-state index is 12.9. The van der Waals surface area contributed by atoms with E-state index in [9.17, 15) is 46.3 Å². The molecule has 8 rings (SSSR count). The summed E-state index contributed by atoms with van der Waals surface area (Å²) < 4.78 is 50.0. The third-order valence-corrected chi connectivity index (χ3v) is 11.4.